The second-order valence-electron chi connectivity index (χ2n) is 8.84. The lowest BCUT2D eigenvalue weighted by molar-refractivity contribution is -0.114. The molecule has 1 aliphatic heterocycles. The van der Waals surface area contributed by atoms with Crippen LogP contribution in [0.4, 0.5) is 17.1 Å². The van der Waals surface area contributed by atoms with Gasteiger partial charge in [0, 0.05) is 31.2 Å². The Hall–Kier alpha value is -4.24. The molecule has 0 radical (unpaired) electrons. The van der Waals surface area contributed by atoms with Crippen molar-refractivity contribution in [2.24, 2.45) is 4.99 Å². The number of methoxy groups -OCH3 is 1. The van der Waals surface area contributed by atoms with Crippen molar-refractivity contribution in [3.05, 3.63) is 95.7 Å². The van der Waals surface area contributed by atoms with Crippen LogP contribution in [0, 0.1) is 0 Å². The molecule has 8 nitrogen and oxygen atoms in total. The molecule has 196 valence electrons. The molecule has 0 aromatic heterocycles. The van der Waals surface area contributed by atoms with Crippen molar-refractivity contribution in [1.82, 2.24) is 5.32 Å². The monoisotopic (exact) mass is 529 g/mol. The molecule has 0 spiro atoms. The van der Waals surface area contributed by atoms with Crippen LogP contribution in [-0.4, -0.2) is 43.9 Å². The second-order valence-corrected chi connectivity index (χ2v) is 9.81. The van der Waals surface area contributed by atoms with E-state index in [4.69, 9.17) is 9.73 Å². The van der Waals surface area contributed by atoms with E-state index in [1.807, 2.05) is 92.6 Å². The van der Waals surface area contributed by atoms with Crippen molar-refractivity contribution in [3.8, 4) is 5.75 Å². The zero-order valence-corrected chi connectivity index (χ0v) is 22.6. The van der Waals surface area contributed by atoms with Crippen LogP contribution in [-0.2, 0) is 9.59 Å². The number of ether oxygens (including phenoxy) is 1. The quantitative estimate of drug-likeness (QED) is 0.378. The number of nitrogens with zero attached hydrogens (tertiary/aromatic N) is 2. The number of benzene rings is 3. The van der Waals surface area contributed by atoms with Gasteiger partial charge in [-0.25, -0.2) is 4.99 Å². The molecule has 4 rings (SSSR count). The van der Waals surface area contributed by atoms with E-state index < -0.39 is 6.04 Å². The van der Waals surface area contributed by atoms with Crippen LogP contribution in [0.25, 0.3) is 0 Å². The highest BCUT2D eigenvalue weighted by molar-refractivity contribution is 8.14. The van der Waals surface area contributed by atoms with Gasteiger partial charge in [0.25, 0.3) is 5.91 Å². The van der Waals surface area contributed by atoms with E-state index in [0.29, 0.717) is 33.6 Å². The van der Waals surface area contributed by atoms with Gasteiger partial charge in [0.05, 0.1) is 24.1 Å². The predicted octanol–water partition coefficient (Wildman–Crippen LogP) is 5.05. The van der Waals surface area contributed by atoms with Crippen molar-refractivity contribution in [2.45, 2.75) is 13.0 Å². The Morgan fingerprint density at radius 3 is 2.34 bits per heavy atom. The van der Waals surface area contributed by atoms with Crippen LogP contribution in [0.5, 0.6) is 5.75 Å². The summed E-state index contributed by atoms with van der Waals surface area (Å²) < 4.78 is 5.31. The normalized spacial score (nSPS) is 14.7. The van der Waals surface area contributed by atoms with Crippen LogP contribution in [0.3, 0.4) is 0 Å². The van der Waals surface area contributed by atoms with Crippen LogP contribution >= 0.6 is 11.8 Å². The minimum Gasteiger partial charge on any atom is -0.495 e. The minimum absolute atomic E-state index is 0.134. The van der Waals surface area contributed by atoms with Crippen molar-refractivity contribution in [2.75, 3.05) is 42.5 Å². The summed E-state index contributed by atoms with van der Waals surface area (Å²) in [6.45, 7) is 1.85. The summed E-state index contributed by atoms with van der Waals surface area (Å²) >= 11 is 1.28. The van der Waals surface area contributed by atoms with Gasteiger partial charge in [0.2, 0.25) is 5.91 Å². The highest BCUT2D eigenvalue weighted by Crippen LogP contribution is 2.34. The molecule has 9 heteroatoms. The Morgan fingerprint density at radius 1 is 0.974 bits per heavy atom. The number of carbonyl (C=O) groups excluding carboxylic acids is 2. The SMILES string of the molecule is COc1ccccc1NC(=O)CSC1=N[C@@H](c2ccc(N(C)C)cc2)C(C(=O)Nc2ccccc2)=C(C)N1. The molecule has 0 saturated carbocycles. The first-order valence-electron chi connectivity index (χ1n) is 12.1. The van der Waals surface area contributed by atoms with Gasteiger partial charge in [-0.3, -0.25) is 9.59 Å². The lowest BCUT2D eigenvalue weighted by Crippen LogP contribution is -2.32. The largest absolute Gasteiger partial charge is 0.495 e. The fourth-order valence-corrected chi connectivity index (χ4v) is 4.74. The van der Waals surface area contributed by atoms with Crippen molar-refractivity contribution >= 4 is 45.8 Å². The van der Waals surface area contributed by atoms with E-state index in [2.05, 4.69) is 16.0 Å². The molecule has 0 unspecified atom stereocenters. The lowest BCUT2D eigenvalue weighted by Gasteiger charge is -2.26. The number of para-hydroxylation sites is 3. The third-order valence-electron chi connectivity index (χ3n) is 5.94. The number of anilines is 3. The smallest absolute Gasteiger partial charge is 0.255 e. The van der Waals surface area contributed by atoms with E-state index in [-0.39, 0.29) is 17.6 Å². The van der Waals surface area contributed by atoms with Crippen LogP contribution < -0.4 is 25.6 Å². The number of aliphatic imine (C=N–C) groups is 1. The number of carbonyl (C=O) groups is 2. The number of rotatable bonds is 8. The van der Waals surface area contributed by atoms with Gasteiger partial charge < -0.3 is 25.6 Å². The van der Waals surface area contributed by atoms with Gasteiger partial charge in [0.1, 0.15) is 11.8 Å². The van der Waals surface area contributed by atoms with Gasteiger partial charge in [0.15, 0.2) is 5.17 Å². The van der Waals surface area contributed by atoms with E-state index in [0.717, 1.165) is 11.3 Å². The fourth-order valence-electron chi connectivity index (χ4n) is 4.00. The van der Waals surface area contributed by atoms with Gasteiger partial charge in [-0.15, -0.1) is 0 Å². The molecule has 2 amide bonds. The van der Waals surface area contributed by atoms with Gasteiger partial charge >= 0.3 is 0 Å². The summed E-state index contributed by atoms with van der Waals surface area (Å²) in [6.07, 6.45) is 0. The number of amidine groups is 1. The molecule has 0 saturated heterocycles. The number of nitrogens with one attached hydrogen (secondary N) is 3. The maximum absolute atomic E-state index is 13.4. The van der Waals surface area contributed by atoms with Gasteiger partial charge in [-0.05, 0) is 48.9 Å². The number of thioether (sulfide) groups is 1. The lowest BCUT2D eigenvalue weighted by atomic mass is 9.95. The standard InChI is InChI=1S/C29H31N5O3S/c1-19-26(28(36)31-21-10-6-5-7-11-21)27(20-14-16-22(17-15-20)34(2)3)33-29(30-19)38-18-25(35)32-23-12-8-9-13-24(23)37-4/h5-17,27H,18H2,1-4H3,(H,30,33)(H,31,36)(H,32,35)/t27-/m0/s1. The van der Waals surface area contributed by atoms with Crippen LogP contribution in [0.1, 0.15) is 18.5 Å². The summed E-state index contributed by atoms with van der Waals surface area (Å²) in [5.41, 5.74) is 4.44. The van der Waals surface area contributed by atoms with E-state index in [1.165, 1.54) is 11.8 Å². The molecule has 0 bridgehead atoms. The summed E-state index contributed by atoms with van der Waals surface area (Å²) in [7, 11) is 5.52. The average molecular weight is 530 g/mol. The van der Waals surface area contributed by atoms with Gasteiger partial charge in [-0.1, -0.05) is 54.2 Å². The van der Waals surface area contributed by atoms with E-state index >= 15 is 0 Å². The zero-order valence-electron chi connectivity index (χ0n) is 21.8. The van der Waals surface area contributed by atoms with Crippen molar-refractivity contribution in [3.63, 3.8) is 0 Å². The Kier molecular flexibility index (Phi) is 8.70. The first kappa shape index (κ1) is 26.8. The Balaban J connectivity index is 1.55. The molecule has 3 aromatic rings. The molecule has 0 fully saturated rings. The zero-order chi connectivity index (χ0) is 27.1. The van der Waals surface area contributed by atoms with E-state index in [9.17, 15) is 9.59 Å². The molecule has 3 N–H and O–H groups in total. The molecule has 0 aliphatic carbocycles. The van der Waals surface area contributed by atoms with Crippen LogP contribution in [0.15, 0.2) is 95.1 Å². The highest BCUT2D eigenvalue weighted by atomic mass is 32.2. The molecule has 38 heavy (non-hydrogen) atoms. The third-order valence-corrected chi connectivity index (χ3v) is 6.83. The summed E-state index contributed by atoms with van der Waals surface area (Å²) in [6, 6.07) is 24.0. The second kappa shape index (κ2) is 12.3. The Labute approximate surface area is 227 Å². The topological polar surface area (TPSA) is 95.1 Å². The summed E-state index contributed by atoms with van der Waals surface area (Å²) in [5, 5.41) is 9.64. The predicted molar refractivity (Wildman–Crippen MR) is 156 cm³/mol. The maximum atomic E-state index is 13.4. The molecule has 3 aromatic carbocycles. The highest BCUT2D eigenvalue weighted by Gasteiger charge is 2.30. The summed E-state index contributed by atoms with van der Waals surface area (Å²) in [5.74, 6) is 0.303. The van der Waals surface area contributed by atoms with Gasteiger partial charge in [-0.2, -0.15) is 0 Å². The summed E-state index contributed by atoms with van der Waals surface area (Å²) in [4.78, 5) is 33.0. The Bertz CT molecular complexity index is 1350. The first-order valence-corrected chi connectivity index (χ1v) is 13.1. The maximum Gasteiger partial charge on any atom is 0.255 e. The van der Waals surface area contributed by atoms with Crippen molar-refractivity contribution < 1.29 is 14.3 Å². The molecular formula is C29H31N5O3S. The third kappa shape index (κ3) is 6.54. The number of hydrogen-bond donors (Lipinski definition) is 3. The van der Waals surface area contributed by atoms with E-state index in [1.54, 1.807) is 19.2 Å². The first-order chi connectivity index (χ1) is 18.4. The molecular weight excluding hydrogens is 498 g/mol. The Morgan fingerprint density at radius 2 is 1.66 bits per heavy atom. The molecule has 1 heterocycles. The van der Waals surface area contributed by atoms with Crippen molar-refractivity contribution in [1.29, 1.82) is 0 Å². The number of hydrogen-bond acceptors (Lipinski definition) is 7. The average Bonchev–Trinajstić information content (AvgIpc) is 2.92. The number of amides is 2. The fraction of sp³-hybridized carbons (Fsp3) is 0.207. The minimum atomic E-state index is -0.532. The molecule has 1 atom stereocenters. The van der Waals surface area contributed by atoms with Crippen LogP contribution in [0.2, 0.25) is 0 Å². The number of allylic oxidation sites excluding steroid dienone is 1. The molecule has 1 aliphatic rings.